The van der Waals surface area contributed by atoms with E-state index in [0.717, 1.165) is 6.42 Å². The van der Waals surface area contributed by atoms with Crippen molar-refractivity contribution < 1.29 is 0 Å². The predicted octanol–water partition coefficient (Wildman–Crippen LogP) is 1.35. The fraction of sp³-hybridized carbons (Fsp3) is 0.429. The number of fused-ring (bicyclic) bond motifs is 2. The molecule has 85 valence electrons. The highest BCUT2D eigenvalue weighted by Gasteiger charge is 2.33. The molecule has 17 heavy (non-hydrogen) atoms. The normalized spacial score (nSPS) is 27.1. The third-order valence-corrected chi connectivity index (χ3v) is 4.79. The van der Waals surface area contributed by atoms with E-state index in [1.165, 1.54) is 41.2 Å². The van der Waals surface area contributed by atoms with Crippen molar-refractivity contribution in [3.63, 3.8) is 0 Å². The van der Waals surface area contributed by atoms with Crippen LogP contribution < -0.4 is 10.6 Å². The van der Waals surface area contributed by atoms with Gasteiger partial charge in [0.2, 0.25) is 0 Å². The van der Waals surface area contributed by atoms with E-state index in [0.29, 0.717) is 12.0 Å². The van der Waals surface area contributed by atoms with Crippen LogP contribution in [0.3, 0.4) is 0 Å². The van der Waals surface area contributed by atoms with Crippen LogP contribution in [0.2, 0.25) is 0 Å². The Hall–Kier alpha value is -1.06. The first kappa shape index (κ1) is 9.92. The lowest BCUT2D eigenvalue weighted by molar-refractivity contribution is 0.346. The number of aromatic nitrogens is 1. The van der Waals surface area contributed by atoms with E-state index in [1.54, 1.807) is 5.56 Å². The SMILES string of the molecule is [Si]c1[nH]c2cccc3c2c1C[C@H]1NCCC[C@H]31. The molecular weight excluding hydrogens is 224 g/mol. The molecule has 1 fully saturated rings. The van der Waals surface area contributed by atoms with Gasteiger partial charge >= 0.3 is 0 Å². The van der Waals surface area contributed by atoms with E-state index in [2.05, 4.69) is 38.7 Å². The average molecular weight is 239 g/mol. The van der Waals surface area contributed by atoms with Crippen molar-refractivity contribution in [3.05, 3.63) is 29.3 Å². The third kappa shape index (κ3) is 1.29. The molecule has 0 spiro atoms. The van der Waals surface area contributed by atoms with Crippen molar-refractivity contribution in [2.24, 2.45) is 0 Å². The van der Waals surface area contributed by atoms with Gasteiger partial charge in [0.1, 0.15) is 0 Å². The Kier molecular flexibility index (Phi) is 2.02. The molecule has 1 aliphatic carbocycles. The molecule has 0 saturated carbocycles. The third-order valence-electron chi connectivity index (χ3n) is 4.37. The Balaban J connectivity index is 2.01. The number of aromatic amines is 1. The van der Waals surface area contributed by atoms with Gasteiger partial charge in [-0.2, -0.15) is 0 Å². The van der Waals surface area contributed by atoms with E-state index >= 15 is 0 Å². The van der Waals surface area contributed by atoms with Crippen LogP contribution in [0.4, 0.5) is 0 Å². The molecule has 2 atom stereocenters. The molecule has 3 radical (unpaired) electrons. The van der Waals surface area contributed by atoms with E-state index in [1.807, 2.05) is 0 Å². The maximum atomic E-state index is 3.73. The number of hydrogen-bond donors (Lipinski definition) is 2. The monoisotopic (exact) mass is 239 g/mol. The van der Waals surface area contributed by atoms with Gasteiger partial charge in [0.25, 0.3) is 0 Å². The first-order chi connectivity index (χ1) is 8.34. The summed E-state index contributed by atoms with van der Waals surface area (Å²) >= 11 is 0. The highest BCUT2D eigenvalue weighted by atomic mass is 28.1. The van der Waals surface area contributed by atoms with E-state index in [-0.39, 0.29) is 0 Å². The minimum Gasteiger partial charge on any atom is -0.363 e. The molecule has 1 aromatic heterocycles. The first-order valence-corrected chi connectivity index (χ1v) is 6.93. The molecule has 3 heteroatoms. The molecule has 0 bridgehead atoms. The Bertz CT molecular complexity index is 587. The van der Waals surface area contributed by atoms with Crippen LogP contribution >= 0.6 is 0 Å². The first-order valence-electron chi connectivity index (χ1n) is 6.43. The molecule has 4 rings (SSSR count). The molecule has 1 saturated heterocycles. The molecule has 2 aromatic rings. The van der Waals surface area contributed by atoms with Gasteiger partial charge in [-0.05, 0) is 48.3 Å². The highest BCUT2D eigenvalue weighted by Crippen LogP contribution is 2.39. The number of hydrogen-bond acceptors (Lipinski definition) is 1. The standard InChI is InChI=1S/C14H15N2Si/c17-14-10-7-12-8(4-2-6-15-12)9-3-1-5-11(16-14)13(9)10/h1,3,5,8,12,15-16H,2,4,6-7H2/t8-,12-/m1/s1. The van der Waals surface area contributed by atoms with Gasteiger partial charge in [-0.3, -0.25) is 0 Å². The summed E-state index contributed by atoms with van der Waals surface area (Å²) in [5, 5.41) is 6.33. The van der Waals surface area contributed by atoms with Crippen molar-refractivity contribution in [1.29, 1.82) is 0 Å². The van der Waals surface area contributed by atoms with Gasteiger partial charge in [0, 0.05) is 22.9 Å². The number of rotatable bonds is 0. The van der Waals surface area contributed by atoms with Crippen LogP contribution in [0.25, 0.3) is 10.9 Å². The smallest absolute Gasteiger partial charge is 0.0966 e. The lowest BCUT2D eigenvalue weighted by atomic mass is 9.76. The molecule has 2 aliphatic rings. The van der Waals surface area contributed by atoms with Crippen LogP contribution in [-0.4, -0.2) is 27.8 Å². The fourth-order valence-electron chi connectivity index (χ4n) is 3.62. The number of nitrogens with one attached hydrogen (secondary N) is 2. The van der Waals surface area contributed by atoms with Crippen LogP contribution in [-0.2, 0) is 6.42 Å². The van der Waals surface area contributed by atoms with Crippen LogP contribution in [0.15, 0.2) is 18.2 Å². The average Bonchev–Trinajstić information content (AvgIpc) is 2.68. The Morgan fingerprint density at radius 2 is 2.24 bits per heavy atom. The number of H-pyrrole nitrogens is 1. The topological polar surface area (TPSA) is 27.8 Å². The summed E-state index contributed by atoms with van der Waals surface area (Å²) in [6.45, 7) is 1.17. The number of benzene rings is 1. The summed E-state index contributed by atoms with van der Waals surface area (Å²) < 4.78 is 0. The van der Waals surface area contributed by atoms with Crippen LogP contribution in [0.1, 0.15) is 29.9 Å². The van der Waals surface area contributed by atoms with Crippen molar-refractivity contribution in [2.45, 2.75) is 31.2 Å². The predicted molar refractivity (Wildman–Crippen MR) is 71.2 cm³/mol. The Morgan fingerprint density at radius 3 is 3.18 bits per heavy atom. The molecule has 2 heterocycles. The largest absolute Gasteiger partial charge is 0.363 e. The van der Waals surface area contributed by atoms with Gasteiger partial charge in [0.05, 0.1) is 10.2 Å². The van der Waals surface area contributed by atoms with Crippen LogP contribution in [0.5, 0.6) is 0 Å². The van der Waals surface area contributed by atoms with Gasteiger partial charge < -0.3 is 10.3 Å². The zero-order valence-electron chi connectivity index (χ0n) is 9.72. The molecule has 1 aromatic carbocycles. The van der Waals surface area contributed by atoms with Gasteiger partial charge in [-0.15, -0.1) is 0 Å². The van der Waals surface area contributed by atoms with E-state index in [4.69, 9.17) is 0 Å². The van der Waals surface area contributed by atoms with Crippen molar-refractivity contribution in [3.8, 4) is 0 Å². The van der Waals surface area contributed by atoms with Crippen molar-refractivity contribution in [2.75, 3.05) is 6.54 Å². The fourth-order valence-corrected chi connectivity index (χ4v) is 3.98. The minimum atomic E-state index is 0.632. The second kappa shape index (κ2) is 3.46. The lowest BCUT2D eigenvalue weighted by Gasteiger charge is -2.37. The highest BCUT2D eigenvalue weighted by molar-refractivity contribution is 6.34. The van der Waals surface area contributed by atoms with Crippen LogP contribution in [0, 0.1) is 0 Å². The Morgan fingerprint density at radius 1 is 1.29 bits per heavy atom. The molecule has 0 unspecified atom stereocenters. The second-order valence-electron chi connectivity index (χ2n) is 5.26. The maximum absolute atomic E-state index is 3.73. The summed E-state index contributed by atoms with van der Waals surface area (Å²) in [5.41, 5.74) is 4.29. The molecule has 0 amide bonds. The van der Waals surface area contributed by atoms with Crippen molar-refractivity contribution >= 4 is 26.5 Å². The minimum absolute atomic E-state index is 0.632. The molecule has 2 N–H and O–H groups in total. The van der Waals surface area contributed by atoms with E-state index in [9.17, 15) is 0 Å². The lowest BCUT2D eigenvalue weighted by Crippen LogP contribution is -2.43. The van der Waals surface area contributed by atoms with Crippen molar-refractivity contribution in [1.82, 2.24) is 10.3 Å². The maximum Gasteiger partial charge on any atom is 0.0966 e. The molecular formula is C14H15N2Si. The zero-order valence-corrected chi connectivity index (χ0v) is 10.7. The van der Waals surface area contributed by atoms with Gasteiger partial charge in [-0.25, -0.2) is 0 Å². The van der Waals surface area contributed by atoms with Gasteiger partial charge in [-0.1, -0.05) is 12.1 Å². The van der Waals surface area contributed by atoms with Gasteiger partial charge in [0.15, 0.2) is 0 Å². The number of piperidine rings is 1. The summed E-state index contributed by atoms with van der Waals surface area (Å²) in [4.78, 5) is 3.45. The zero-order chi connectivity index (χ0) is 11.4. The summed E-state index contributed by atoms with van der Waals surface area (Å²) in [6.07, 6.45) is 3.79. The summed E-state index contributed by atoms with van der Waals surface area (Å²) in [6, 6.07) is 7.31. The molecule has 1 aliphatic heterocycles. The molecule has 2 nitrogen and oxygen atoms in total. The summed E-state index contributed by atoms with van der Waals surface area (Å²) in [5.74, 6) is 0.710. The Labute approximate surface area is 104 Å². The quantitative estimate of drug-likeness (QED) is 0.667. The summed E-state index contributed by atoms with van der Waals surface area (Å²) in [7, 11) is 3.73. The van der Waals surface area contributed by atoms with E-state index < -0.39 is 0 Å². The second-order valence-corrected chi connectivity index (χ2v) is 5.76.